The van der Waals surface area contributed by atoms with Gasteiger partial charge in [0.2, 0.25) is 11.9 Å². The van der Waals surface area contributed by atoms with Crippen molar-refractivity contribution in [3.8, 4) is 0 Å². The Balaban J connectivity index is 1.30. The maximum atomic E-state index is 12.7. The number of carbonyl (C=O) groups excluding carboxylic acids is 1. The molecule has 1 amide bonds. The highest BCUT2D eigenvalue weighted by atomic mass is 16.2. The number of nitrogens with zero attached hydrogens (tertiary/aromatic N) is 5. The van der Waals surface area contributed by atoms with Crippen LogP contribution < -0.4 is 9.80 Å². The largest absolute Gasteiger partial charge is 0.368 e. The fourth-order valence-corrected chi connectivity index (χ4v) is 3.95. The van der Waals surface area contributed by atoms with E-state index in [0.29, 0.717) is 12.5 Å². The molecule has 6 nitrogen and oxygen atoms in total. The Kier molecular flexibility index (Phi) is 4.73. The molecule has 1 saturated heterocycles. The van der Waals surface area contributed by atoms with Crippen molar-refractivity contribution in [3.63, 3.8) is 0 Å². The monoisotopic (exact) mass is 351 g/mol. The summed E-state index contributed by atoms with van der Waals surface area (Å²) in [6.07, 6.45) is 5.16. The molecule has 0 bridgehead atoms. The van der Waals surface area contributed by atoms with E-state index in [0.717, 1.165) is 45.1 Å². The highest BCUT2D eigenvalue weighted by Crippen LogP contribution is 2.31. The first-order valence-electron chi connectivity index (χ1n) is 9.36. The Labute approximate surface area is 154 Å². The standard InChI is InChI=1S/C20H25N5O/c1-16-15-17-5-2-3-6-18(17)25(16)10-7-19(26)23-11-13-24(14-12-23)20-21-8-4-9-22-20/h2-6,8-9,16H,7,10-15H2,1H3. The first kappa shape index (κ1) is 16.8. The van der Waals surface area contributed by atoms with E-state index in [-0.39, 0.29) is 5.91 Å². The molecule has 0 radical (unpaired) electrons. The predicted octanol–water partition coefficient (Wildman–Crippen LogP) is 1.97. The number of hydrogen-bond acceptors (Lipinski definition) is 5. The minimum Gasteiger partial charge on any atom is -0.368 e. The van der Waals surface area contributed by atoms with Gasteiger partial charge in [0.25, 0.3) is 0 Å². The minimum absolute atomic E-state index is 0.246. The summed E-state index contributed by atoms with van der Waals surface area (Å²) in [6.45, 7) is 6.09. The normalized spacial score (nSPS) is 19.6. The van der Waals surface area contributed by atoms with Gasteiger partial charge in [0.1, 0.15) is 0 Å². The van der Waals surface area contributed by atoms with Crippen LogP contribution in [0.5, 0.6) is 0 Å². The Hall–Kier alpha value is -2.63. The maximum absolute atomic E-state index is 12.7. The Morgan fingerprint density at radius 1 is 1.08 bits per heavy atom. The third kappa shape index (κ3) is 3.36. The molecule has 4 rings (SSSR count). The lowest BCUT2D eigenvalue weighted by molar-refractivity contribution is -0.131. The number of hydrogen-bond donors (Lipinski definition) is 0. The third-order valence-corrected chi connectivity index (χ3v) is 5.38. The molecule has 6 heteroatoms. The smallest absolute Gasteiger partial charge is 0.225 e. The van der Waals surface area contributed by atoms with Crippen molar-refractivity contribution in [1.82, 2.24) is 14.9 Å². The summed E-state index contributed by atoms with van der Waals surface area (Å²) in [5.41, 5.74) is 2.68. The number of fused-ring (bicyclic) bond motifs is 1. The second-order valence-electron chi connectivity index (χ2n) is 7.04. The molecule has 136 valence electrons. The fraction of sp³-hybridized carbons (Fsp3) is 0.450. The molecule has 2 aliphatic rings. The van der Waals surface area contributed by atoms with Crippen LogP contribution in [0.15, 0.2) is 42.7 Å². The molecule has 1 aromatic heterocycles. The summed E-state index contributed by atoms with van der Waals surface area (Å²) in [5.74, 6) is 0.998. The van der Waals surface area contributed by atoms with Crippen molar-refractivity contribution < 1.29 is 4.79 Å². The van der Waals surface area contributed by atoms with Crippen LogP contribution in [0.3, 0.4) is 0 Å². The first-order chi connectivity index (χ1) is 12.7. The number of anilines is 2. The lowest BCUT2D eigenvalue weighted by Gasteiger charge is -2.35. The maximum Gasteiger partial charge on any atom is 0.225 e. The number of carbonyl (C=O) groups is 1. The highest BCUT2D eigenvalue weighted by Gasteiger charge is 2.27. The summed E-state index contributed by atoms with van der Waals surface area (Å²) in [6, 6.07) is 10.8. The lowest BCUT2D eigenvalue weighted by atomic mass is 10.1. The molecule has 0 aliphatic carbocycles. The number of benzene rings is 1. The molecule has 1 aromatic carbocycles. The van der Waals surface area contributed by atoms with Gasteiger partial charge in [-0.3, -0.25) is 4.79 Å². The Morgan fingerprint density at radius 2 is 1.81 bits per heavy atom. The number of piperazine rings is 1. The molecule has 0 N–H and O–H groups in total. The van der Waals surface area contributed by atoms with Crippen molar-refractivity contribution in [2.45, 2.75) is 25.8 Å². The van der Waals surface area contributed by atoms with Crippen LogP contribution in [0.4, 0.5) is 11.6 Å². The van der Waals surface area contributed by atoms with E-state index >= 15 is 0 Å². The van der Waals surface area contributed by atoms with Crippen LogP contribution in [0, 0.1) is 0 Å². The van der Waals surface area contributed by atoms with Gasteiger partial charge in [0, 0.05) is 63.3 Å². The second kappa shape index (κ2) is 7.32. The molecule has 3 heterocycles. The first-order valence-corrected chi connectivity index (χ1v) is 9.36. The van der Waals surface area contributed by atoms with Crippen molar-refractivity contribution >= 4 is 17.5 Å². The summed E-state index contributed by atoms with van der Waals surface area (Å²) < 4.78 is 0. The zero-order valence-corrected chi connectivity index (χ0v) is 15.2. The van der Waals surface area contributed by atoms with Gasteiger partial charge in [-0.15, -0.1) is 0 Å². The van der Waals surface area contributed by atoms with Crippen molar-refractivity contribution in [3.05, 3.63) is 48.3 Å². The van der Waals surface area contributed by atoms with E-state index in [1.54, 1.807) is 12.4 Å². The van der Waals surface area contributed by atoms with E-state index in [2.05, 4.69) is 51.0 Å². The Bertz CT molecular complexity index is 758. The van der Waals surface area contributed by atoms with E-state index in [1.165, 1.54) is 11.3 Å². The van der Waals surface area contributed by atoms with Crippen LogP contribution in [-0.2, 0) is 11.2 Å². The van der Waals surface area contributed by atoms with Crippen molar-refractivity contribution in [1.29, 1.82) is 0 Å². The van der Waals surface area contributed by atoms with Crippen LogP contribution in [0.1, 0.15) is 18.9 Å². The third-order valence-electron chi connectivity index (χ3n) is 5.38. The quantitative estimate of drug-likeness (QED) is 0.843. The molecule has 0 saturated carbocycles. The van der Waals surface area contributed by atoms with E-state index in [4.69, 9.17) is 0 Å². The molecule has 1 unspecified atom stereocenters. The molecule has 1 atom stereocenters. The zero-order chi connectivity index (χ0) is 17.9. The number of rotatable bonds is 4. The predicted molar refractivity (Wildman–Crippen MR) is 102 cm³/mol. The van der Waals surface area contributed by atoms with Crippen LogP contribution in [0.2, 0.25) is 0 Å². The second-order valence-corrected chi connectivity index (χ2v) is 7.04. The van der Waals surface area contributed by atoms with E-state index in [9.17, 15) is 4.79 Å². The summed E-state index contributed by atoms with van der Waals surface area (Å²) in [7, 11) is 0. The van der Waals surface area contributed by atoms with Crippen LogP contribution >= 0.6 is 0 Å². The molecular formula is C20H25N5O. The zero-order valence-electron chi connectivity index (χ0n) is 15.2. The summed E-state index contributed by atoms with van der Waals surface area (Å²) >= 11 is 0. The number of amides is 1. The SMILES string of the molecule is CC1Cc2ccccc2N1CCC(=O)N1CCN(c2ncccn2)CC1. The summed E-state index contributed by atoms with van der Waals surface area (Å²) in [4.78, 5) is 27.8. The molecule has 2 aromatic rings. The average molecular weight is 351 g/mol. The van der Waals surface area contributed by atoms with Gasteiger partial charge in [-0.1, -0.05) is 18.2 Å². The molecule has 2 aliphatic heterocycles. The van der Waals surface area contributed by atoms with Crippen LogP contribution in [0.25, 0.3) is 0 Å². The average Bonchev–Trinajstić information content (AvgIpc) is 3.02. The van der Waals surface area contributed by atoms with Gasteiger partial charge in [-0.25, -0.2) is 9.97 Å². The Morgan fingerprint density at radius 3 is 2.58 bits per heavy atom. The minimum atomic E-state index is 0.246. The van der Waals surface area contributed by atoms with E-state index in [1.807, 2.05) is 11.0 Å². The number of para-hydroxylation sites is 1. The van der Waals surface area contributed by atoms with Crippen molar-refractivity contribution in [2.75, 3.05) is 42.5 Å². The van der Waals surface area contributed by atoms with Gasteiger partial charge >= 0.3 is 0 Å². The molecule has 26 heavy (non-hydrogen) atoms. The van der Waals surface area contributed by atoms with Crippen molar-refractivity contribution in [2.24, 2.45) is 0 Å². The molecular weight excluding hydrogens is 326 g/mol. The molecule has 1 fully saturated rings. The van der Waals surface area contributed by atoms with Gasteiger partial charge in [0.15, 0.2) is 0 Å². The fourth-order valence-electron chi connectivity index (χ4n) is 3.95. The van der Waals surface area contributed by atoms with E-state index < -0.39 is 0 Å². The van der Waals surface area contributed by atoms with Gasteiger partial charge in [-0.05, 0) is 31.0 Å². The lowest BCUT2D eigenvalue weighted by Crippen LogP contribution is -2.49. The highest BCUT2D eigenvalue weighted by molar-refractivity contribution is 5.77. The van der Waals surface area contributed by atoms with Gasteiger partial charge in [0.05, 0.1) is 0 Å². The topological polar surface area (TPSA) is 52.6 Å². The van der Waals surface area contributed by atoms with Gasteiger partial charge < -0.3 is 14.7 Å². The van der Waals surface area contributed by atoms with Gasteiger partial charge in [-0.2, -0.15) is 0 Å². The molecule has 0 spiro atoms. The van der Waals surface area contributed by atoms with Crippen LogP contribution in [-0.4, -0.2) is 59.5 Å². The number of aromatic nitrogens is 2. The summed E-state index contributed by atoms with van der Waals surface area (Å²) in [5, 5.41) is 0.